The lowest BCUT2D eigenvalue weighted by molar-refractivity contribution is 0.291. The van der Waals surface area contributed by atoms with Gasteiger partial charge in [0.15, 0.2) is 0 Å². The highest BCUT2D eigenvalue weighted by Crippen LogP contribution is 2.48. The summed E-state index contributed by atoms with van der Waals surface area (Å²) < 4.78 is 0. The fourth-order valence-electron chi connectivity index (χ4n) is 4.58. The Kier molecular flexibility index (Phi) is 5.36. The van der Waals surface area contributed by atoms with Gasteiger partial charge in [0.05, 0.1) is 17.1 Å². The zero-order chi connectivity index (χ0) is 19.5. The molecule has 4 heterocycles. The molecule has 2 aliphatic rings. The summed E-state index contributed by atoms with van der Waals surface area (Å²) >= 11 is 0. The van der Waals surface area contributed by atoms with Crippen LogP contribution in [0, 0.1) is 5.92 Å². The van der Waals surface area contributed by atoms with Crippen molar-refractivity contribution in [3.8, 4) is 0 Å². The molecule has 7 nitrogen and oxygen atoms in total. The van der Waals surface area contributed by atoms with Crippen molar-refractivity contribution in [2.45, 2.75) is 24.8 Å². The number of anilines is 1. The van der Waals surface area contributed by atoms with Gasteiger partial charge in [0.1, 0.15) is 0 Å². The SMILES string of the molecule is CO.O=c1[nH]nc2c3c(cccc13)NC(c1ccncc1)C2C1CCNCC1. The van der Waals surface area contributed by atoms with Gasteiger partial charge in [0.25, 0.3) is 5.56 Å². The summed E-state index contributed by atoms with van der Waals surface area (Å²) in [4.78, 5) is 16.5. The van der Waals surface area contributed by atoms with Crippen LogP contribution < -0.4 is 16.2 Å². The van der Waals surface area contributed by atoms with Crippen LogP contribution in [-0.4, -0.2) is 40.5 Å². The van der Waals surface area contributed by atoms with Crippen LogP contribution in [0.5, 0.6) is 0 Å². The Balaban J connectivity index is 0.000000932. The zero-order valence-electron chi connectivity index (χ0n) is 15.9. The third-order valence-electron chi connectivity index (χ3n) is 5.79. The molecule has 0 amide bonds. The Hall–Kier alpha value is -2.77. The molecule has 4 N–H and O–H groups in total. The number of aromatic amines is 1. The Bertz CT molecular complexity index is 999. The minimum absolute atomic E-state index is 0.123. The summed E-state index contributed by atoms with van der Waals surface area (Å²) in [6, 6.07) is 10.1. The molecular formula is C21H25N5O2. The normalized spacial score (nSPS) is 21.5. The minimum atomic E-state index is -0.126. The van der Waals surface area contributed by atoms with Crippen LogP contribution in [0.25, 0.3) is 10.8 Å². The van der Waals surface area contributed by atoms with Crippen LogP contribution in [0.2, 0.25) is 0 Å². The molecule has 3 aromatic rings. The van der Waals surface area contributed by atoms with Crippen LogP contribution in [0.1, 0.15) is 36.1 Å². The Morgan fingerprint density at radius 1 is 1.07 bits per heavy atom. The van der Waals surface area contributed by atoms with Crippen molar-refractivity contribution < 1.29 is 5.11 Å². The molecule has 2 aliphatic heterocycles. The van der Waals surface area contributed by atoms with E-state index in [1.807, 2.05) is 30.6 Å². The third-order valence-corrected chi connectivity index (χ3v) is 5.79. The molecule has 28 heavy (non-hydrogen) atoms. The number of benzene rings is 1. The number of hydrogen-bond donors (Lipinski definition) is 4. The topological polar surface area (TPSA) is 103 Å². The maximum Gasteiger partial charge on any atom is 0.272 e. The number of nitrogens with one attached hydrogen (secondary N) is 3. The Morgan fingerprint density at radius 2 is 1.82 bits per heavy atom. The Labute approximate surface area is 163 Å². The molecule has 0 aliphatic carbocycles. The maximum absolute atomic E-state index is 12.3. The van der Waals surface area contributed by atoms with Crippen molar-refractivity contribution in [2.24, 2.45) is 5.92 Å². The van der Waals surface area contributed by atoms with Gasteiger partial charge in [-0.3, -0.25) is 9.78 Å². The van der Waals surface area contributed by atoms with Gasteiger partial charge in [-0.2, -0.15) is 5.10 Å². The van der Waals surface area contributed by atoms with Crippen molar-refractivity contribution in [3.05, 3.63) is 64.3 Å². The van der Waals surface area contributed by atoms with E-state index in [9.17, 15) is 4.79 Å². The van der Waals surface area contributed by atoms with E-state index < -0.39 is 0 Å². The van der Waals surface area contributed by atoms with Crippen molar-refractivity contribution in [1.82, 2.24) is 20.5 Å². The van der Waals surface area contributed by atoms with Gasteiger partial charge in [-0.15, -0.1) is 0 Å². The van der Waals surface area contributed by atoms with Crippen molar-refractivity contribution in [1.29, 1.82) is 0 Å². The van der Waals surface area contributed by atoms with Gasteiger partial charge < -0.3 is 15.7 Å². The summed E-state index contributed by atoms with van der Waals surface area (Å²) in [5.41, 5.74) is 3.09. The van der Waals surface area contributed by atoms with Crippen LogP contribution in [0.15, 0.2) is 47.5 Å². The minimum Gasteiger partial charge on any atom is -0.400 e. The first kappa shape index (κ1) is 18.6. The molecule has 7 heteroatoms. The number of hydrogen-bond acceptors (Lipinski definition) is 6. The van der Waals surface area contributed by atoms with E-state index in [1.165, 1.54) is 5.56 Å². The number of aliphatic hydroxyl groups excluding tert-OH is 1. The van der Waals surface area contributed by atoms with Gasteiger partial charge in [-0.25, -0.2) is 5.10 Å². The van der Waals surface area contributed by atoms with E-state index >= 15 is 0 Å². The first-order valence-corrected chi connectivity index (χ1v) is 9.66. The number of nitrogens with zero attached hydrogens (tertiary/aromatic N) is 2. The predicted molar refractivity (Wildman–Crippen MR) is 109 cm³/mol. The van der Waals surface area contributed by atoms with Crippen LogP contribution in [0.4, 0.5) is 5.69 Å². The van der Waals surface area contributed by atoms with Crippen LogP contribution in [0.3, 0.4) is 0 Å². The molecule has 2 atom stereocenters. The second-order valence-electron chi connectivity index (χ2n) is 7.18. The fraction of sp³-hybridized carbons (Fsp3) is 0.381. The summed E-state index contributed by atoms with van der Waals surface area (Å²) in [7, 11) is 1.00. The van der Waals surface area contributed by atoms with Gasteiger partial charge >= 0.3 is 0 Å². The molecule has 1 fully saturated rings. The molecule has 0 spiro atoms. The second-order valence-corrected chi connectivity index (χ2v) is 7.18. The highest BCUT2D eigenvalue weighted by atomic mass is 16.2. The van der Waals surface area contributed by atoms with E-state index in [1.54, 1.807) is 0 Å². The standard InChI is InChI=1S/C20H21N5O.CH4O/c26-20-14-2-1-3-15-17(14)19(24-25-20)16(12-4-8-21-9-5-12)18(23-15)13-6-10-22-11-7-13;1-2/h1-3,6-7,10-12,16,18,21,23H,4-5,8-9H2,(H,25,26);2H,1H3. The molecule has 0 bridgehead atoms. The van der Waals surface area contributed by atoms with E-state index in [2.05, 4.69) is 37.9 Å². The number of rotatable bonds is 2. The number of aromatic nitrogens is 3. The van der Waals surface area contributed by atoms with Crippen LogP contribution in [-0.2, 0) is 0 Å². The zero-order valence-corrected chi connectivity index (χ0v) is 15.9. The quantitative estimate of drug-likeness (QED) is 0.544. The lowest BCUT2D eigenvalue weighted by Gasteiger charge is -2.40. The van der Waals surface area contributed by atoms with E-state index in [0.717, 1.165) is 49.8 Å². The summed E-state index contributed by atoms with van der Waals surface area (Å²) in [6.07, 6.45) is 5.90. The smallest absolute Gasteiger partial charge is 0.272 e. The molecular weight excluding hydrogens is 354 g/mol. The van der Waals surface area contributed by atoms with Crippen molar-refractivity contribution in [2.75, 3.05) is 25.5 Å². The fourth-order valence-corrected chi connectivity index (χ4v) is 4.58. The van der Waals surface area contributed by atoms with Crippen molar-refractivity contribution >= 4 is 16.5 Å². The lowest BCUT2D eigenvalue weighted by atomic mass is 9.73. The second kappa shape index (κ2) is 8.08. The summed E-state index contributed by atoms with van der Waals surface area (Å²) in [6.45, 7) is 2.05. The first-order valence-electron chi connectivity index (χ1n) is 9.66. The molecule has 2 unspecified atom stereocenters. The molecule has 146 valence electrons. The molecule has 0 saturated carbocycles. The molecule has 1 saturated heterocycles. The number of H-pyrrole nitrogens is 1. The highest BCUT2D eigenvalue weighted by molar-refractivity contribution is 5.96. The van der Waals surface area contributed by atoms with Gasteiger partial charge in [-0.05, 0) is 61.7 Å². The van der Waals surface area contributed by atoms with E-state index in [-0.39, 0.29) is 17.5 Å². The average Bonchev–Trinajstić information content (AvgIpc) is 2.78. The van der Waals surface area contributed by atoms with E-state index in [4.69, 9.17) is 5.11 Å². The van der Waals surface area contributed by atoms with Gasteiger partial charge in [-0.1, -0.05) is 6.07 Å². The predicted octanol–water partition coefficient (Wildman–Crippen LogP) is 2.18. The summed E-state index contributed by atoms with van der Waals surface area (Å²) in [5, 5.41) is 23.1. The largest absolute Gasteiger partial charge is 0.400 e. The molecule has 5 rings (SSSR count). The van der Waals surface area contributed by atoms with Gasteiger partial charge in [0, 0.05) is 36.5 Å². The highest BCUT2D eigenvalue weighted by Gasteiger charge is 2.38. The molecule has 2 aromatic heterocycles. The first-order chi connectivity index (χ1) is 13.8. The molecule has 1 aromatic carbocycles. The monoisotopic (exact) mass is 379 g/mol. The molecule has 0 radical (unpaired) electrons. The van der Waals surface area contributed by atoms with Crippen molar-refractivity contribution in [3.63, 3.8) is 0 Å². The maximum atomic E-state index is 12.3. The Morgan fingerprint density at radius 3 is 2.57 bits per heavy atom. The van der Waals surface area contributed by atoms with Crippen LogP contribution >= 0.6 is 0 Å². The van der Waals surface area contributed by atoms with E-state index in [0.29, 0.717) is 11.3 Å². The number of piperidine rings is 1. The lowest BCUT2D eigenvalue weighted by Crippen LogP contribution is -2.37. The summed E-state index contributed by atoms with van der Waals surface area (Å²) in [5.74, 6) is 0.727. The average molecular weight is 379 g/mol. The van der Waals surface area contributed by atoms with Gasteiger partial charge in [0.2, 0.25) is 0 Å². The number of pyridine rings is 1. The third kappa shape index (κ3) is 3.16. The number of aliphatic hydroxyl groups is 1.